The molecule has 0 radical (unpaired) electrons. The van der Waals surface area contributed by atoms with E-state index in [0.717, 1.165) is 57.5 Å². The van der Waals surface area contributed by atoms with Crippen LogP contribution in [0.1, 0.15) is 52.8 Å². The van der Waals surface area contributed by atoms with Crippen molar-refractivity contribution in [2.45, 2.75) is 32.1 Å². The Balaban J connectivity index is 1.58. The van der Waals surface area contributed by atoms with Gasteiger partial charge in [0.15, 0.2) is 0 Å². The number of rotatable bonds is 5. The fourth-order valence-electron chi connectivity index (χ4n) is 4.23. The molecule has 2 aromatic carbocycles. The van der Waals surface area contributed by atoms with Gasteiger partial charge in [0, 0.05) is 43.1 Å². The van der Waals surface area contributed by atoms with E-state index < -0.39 is 0 Å². The Labute approximate surface area is 177 Å². The number of nitrogens with one attached hydrogen (secondary N) is 1. The zero-order chi connectivity index (χ0) is 20.9. The van der Waals surface area contributed by atoms with E-state index in [2.05, 4.69) is 10.2 Å². The van der Waals surface area contributed by atoms with Crippen molar-refractivity contribution < 1.29 is 14.3 Å². The van der Waals surface area contributed by atoms with Gasteiger partial charge in [-0.25, -0.2) is 0 Å². The van der Waals surface area contributed by atoms with Crippen molar-refractivity contribution in [3.05, 3.63) is 53.6 Å². The fraction of sp³-hybridized carbons (Fsp3) is 0.417. The molecule has 2 saturated heterocycles. The lowest BCUT2D eigenvalue weighted by Crippen LogP contribution is -2.36. The quantitative estimate of drug-likeness (QED) is 0.808. The SMILES string of the molecule is COc1ccc(C(=O)Nc2ccc(N3CCCC3)c(C(=O)N3CCCCC3)c2)cc1. The number of carbonyl (C=O) groups is 2. The molecule has 2 heterocycles. The summed E-state index contributed by atoms with van der Waals surface area (Å²) in [6.07, 6.45) is 5.58. The molecule has 0 unspecified atom stereocenters. The summed E-state index contributed by atoms with van der Waals surface area (Å²) in [5, 5.41) is 2.94. The van der Waals surface area contributed by atoms with Crippen LogP contribution in [0.25, 0.3) is 0 Å². The first-order valence-electron chi connectivity index (χ1n) is 10.8. The third-order valence-electron chi connectivity index (χ3n) is 5.93. The molecule has 1 N–H and O–H groups in total. The molecule has 0 bridgehead atoms. The average molecular weight is 408 g/mol. The fourth-order valence-corrected chi connectivity index (χ4v) is 4.23. The summed E-state index contributed by atoms with van der Waals surface area (Å²) in [6.45, 7) is 3.55. The summed E-state index contributed by atoms with van der Waals surface area (Å²) in [4.78, 5) is 30.2. The van der Waals surface area contributed by atoms with E-state index in [-0.39, 0.29) is 11.8 Å². The summed E-state index contributed by atoms with van der Waals surface area (Å²) in [5.41, 5.74) is 2.85. The maximum Gasteiger partial charge on any atom is 0.256 e. The molecule has 4 rings (SSSR count). The third kappa shape index (κ3) is 4.42. The largest absolute Gasteiger partial charge is 0.497 e. The Hall–Kier alpha value is -3.02. The van der Waals surface area contributed by atoms with Gasteiger partial charge in [-0.05, 0) is 74.6 Å². The van der Waals surface area contributed by atoms with Crippen LogP contribution in [0.4, 0.5) is 11.4 Å². The van der Waals surface area contributed by atoms with E-state index in [1.54, 1.807) is 31.4 Å². The number of carbonyl (C=O) groups excluding carboxylic acids is 2. The maximum atomic E-state index is 13.3. The Bertz CT molecular complexity index is 898. The molecule has 2 amide bonds. The number of amides is 2. The Kier molecular flexibility index (Phi) is 6.21. The normalized spacial score (nSPS) is 16.4. The summed E-state index contributed by atoms with van der Waals surface area (Å²) in [6, 6.07) is 12.7. The van der Waals surface area contributed by atoms with Crippen LogP contribution in [0.2, 0.25) is 0 Å². The van der Waals surface area contributed by atoms with Gasteiger partial charge in [-0.3, -0.25) is 9.59 Å². The first kappa shape index (κ1) is 20.3. The molecule has 2 fully saturated rings. The topological polar surface area (TPSA) is 61.9 Å². The molecule has 6 heteroatoms. The molecule has 0 aliphatic carbocycles. The number of piperidine rings is 1. The van der Waals surface area contributed by atoms with E-state index in [1.807, 2.05) is 23.1 Å². The lowest BCUT2D eigenvalue weighted by atomic mass is 10.1. The predicted octanol–water partition coefficient (Wildman–Crippen LogP) is 4.17. The maximum absolute atomic E-state index is 13.3. The van der Waals surface area contributed by atoms with Crippen LogP contribution in [0, 0.1) is 0 Å². The van der Waals surface area contributed by atoms with Crippen molar-refractivity contribution in [3.63, 3.8) is 0 Å². The van der Waals surface area contributed by atoms with Crippen LogP contribution in [0.3, 0.4) is 0 Å². The van der Waals surface area contributed by atoms with Crippen LogP contribution in [0.5, 0.6) is 5.75 Å². The van der Waals surface area contributed by atoms with E-state index >= 15 is 0 Å². The van der Waals surface area contributed by atoms with E-state index in [1.165, 1.54) is 6.42 Å². The van der Waals surface area contributed by atoms with Crippen LogP contribution < -0.4 is 15.0 Å². The molecule has 0 atom stereocenters. The van der Waals surface area contributed by atoms with Gasteiger partial charge in [0.25, 0.3) is 11.8 Å². The monoisotopic (exact) mass is 407 g/mol. The molecule has 2 aliphatic rings. The second kappa shape index (κ2) is 9.20. The molecular weight excluding hydrogens is 378 g/mol. The van der Waals surface area contributed by atoms with Gasteiger partial charge in [-0.2, -0.15) is 0 Å². The summed E-state index contributed by atoms with van der Waals surface area (Å²) in [7, 11) is 1.60. The molecule has 0 spiro atoms. The van der Waals surface area contributed by atoms with Crippen LogP contribution >= 0.6 is 0 Å². The van der Waals surface area contributed by atoms with E-state index in [4.69, 9.17) is 4.74 Å². The van der Waals surface area contributed by atoms with Gasteiger partial charge >= 0.3 is 0 Å². The Morgan fingerprint density at radius 1 is 0.867 bits per heavy atom. The number of hydrogen-bond donors (Lipinski definition) is 1. The number of methoxy groups -OCH3 is 1. The van der Waals surface area contributed by atoms with Gasteiger partial charge < -0.3 is 19.9 Å². The molecule has 2 aromatic rings. The second-order valence-corrected chi connectivity index (χ2v) is 7.96. The highest BCUT2D eigenvalue weighted by atomic mass is 16.5. The van der Waals surface area contributed by atoms with Gasteiger partial charge in [0.2, 0.25) is 0 Å². The summed E-state index contributed by atoms with van der Waals surface area (Å²) < 4.78 is 5.15. The molecular formula is C24H29N3O3. The highest BCUT2D eigenvalue weighted by Gasteiger charge is 2.25. The molecule has 158 valence electrons. The average Bonchev–Trinajstić information content (AvgIpc) is 3.34. The minimum absolute atomic E-state index is 0.0668. The number of likely N-dealkylation sites (tertiary alicyclic amines) is 1. The van der Waals surface area contributed by atoms with Gasteiger partial charge in [0.05, 0.1) is 12.7 Å². The van der Waals surface area contributed by atoms with Crippen molar-refractivity contribution in [3.8, 4) is 5.75 Å². The number of ether oxygens (including phenoxy) is 1. The number of benzene rings is 2. The summed E-state index contributed by atoms with van der Waals surface area (Å²) in [5.74, 6) is 0.566. The van der Waals surface area contributed by atoms with E-state index in [0.29, 0.717) is 22.6 Å². The molecule has 2 aliphatic heterocycles. The molecule has 30 heavy (non-hydrogen) atoms. The zero-order valence-corrected chi connectivity index (χ0v) is 17.5. The second-order valence-electron chi connectivity index (χ2n) is 7.96. The number of hydrogen-bond acceptors (Lipinski definition) is 4. The van der Waals surface area contributed by atoms with Crippen molar-refractivity contribution >= 4 is 23.2 Å². The van der Waals surface area contributed by atoms with Gasteiger partial charge in [0.1, 0.15) is 5.75 Å². The van der Waals surface area contributed by atoms with Crippen molar-refractivity contribution in [1.82, 2.24) is 4.90 Å². The highest BCUT2D eigenvalue weighted by molar-refractivity contribution is 6.06. The zero-order valence-electron chi connectivity index (χ0n) is 17.5. The first-order valence-corrected chi connectivity index (χ1v) is 10.8. The Morgan fingerprint density at radius 3 is 2.20 bits per heavy atom. The van der Waals surface area contributed by atoms with Crippen LogP contribution in [-0.4, -0.2) is 50.0 Å². The van der Waals surface area contributed by atoms with Crippen LogP contribution in [0.15, 0.2) is 42.5 Å². The third-order valence-corrected chi connectivity index (χ3v) is 5.93. The highest BCUT2D eigenvalue weighted by Crippen LogP contribution is 2.29. The lowest BCUT2D eigenvalue weighted by molar-refractivity contribution is 0.0724. The lowest BCUT2D eigenvalue weighted by Gasteiger charge is -2.29. The predicted molar refractivity (Wildman–Crippen MR) is 119 cm³/mol. The molecule has 0 aromatic heterocycles. The summed E-state index contributed by atoms with van der Waals surface area (Å²) >= 11 is 0. The van der Waals surface area contributed by atoms with Crippen LogP contribution in [-0.2, 0) is 0 Å². The van der Waals surface area contributed by atoms with Crippen molar-refractivity contribution in [2.75, 3.05) is 43.5 Å². The van der Waals surface area contributed by atoms with Gasteiger partial charge in [-0.15, -0.1) is 0 Å². The number of nitrogens with zero attached hydrogens (tertiary/aromatic N) is 2. The minimum atomic E-state index is -0.206. The number of anilines is 2. The van der Waals surface area contributed by atoms with Crippen molar-refractivity contribution in [1.29, 1.82) is 0 Å². The smallest absolute Gasteiger partial charge is 0.256 e. The van der Waals surface area contributed by atoms with Crippen molar-refractivity contribution in [2.24, 2.45) is 0 Å². The standard InChI is InChI=1S/C24H29N3O3/c1-30-20-10-7-18(8-11-20)23(28)25-19-9-12-22(26-13-5-6-14-26)21(17-19)24(29)27-15-3-2-4-16-27/h7-12,17H,2-6,13-16H2,1H3,(H,25,28). The van der Waals surface area contributed by atoms with Gasteiger partial charge in [-0.1, -0.05) is 0 Å². The minimum Gasteiger partial charge on any atom is -0.497 e. The Morgan fingerprint density at radius 2 is 1.53 bits per heavy atom. The van der Waals surface area contributed by atoms with E-state index in [9.17, 15) is 9.59 Å². The first-order chi connectivity index (χ1) is 14.7. The molecule has 0 saturated carbocycles. The molecule has 6 nitrogen and oxygen atoms in total.